The van der Waals surface area contributed by atoms with Crippen LogP contribution < -0.4 is 4.90 Å². The normalized spacial score (nSPS) is 14.3. The molecular formula is C27H23ClN8. The Kier molecular flexibility index (Phi) is 5.62. The number of nitriles is 1. The van der Waals surface area contributed by atoms with Crippen LogP contribution in [0.2, 0.25) is 5.02 Å². The molecule has 1 aliphatic rings. The molecule has 0 saturated carbocycles. The van der Waals surface area contributed by atoms with Gasteiger partial charge in [-0.15, -0.1) is 15.3 Å². The predicted octanol–water partition coefficient (Wildman–Crippen LogP) is 5.10. The molecule has 0 amide bonds. The number of piperidine rings is 1. The summed E-state index contributed by atoms with van der Waals surface area (Å²) in [4.78, 5) is 2.32. The molecular weight excluding hydrogens is 472 g/mol. The Balaban J connectivity index is 1.36. The average molecular weight is 495 g/mol. The molecule has 6 rings (SSSR count). The molecule has 0 aliphatic carbocycles. The van der Waals surface area contributed by atoms with Crippen molar-refractivity contribution in [3.63, 3.8) is 0 Å². The molecule has 178 valence electrons. The zero-order valence-corrected chi connectivity index (χ0v) is 20.5. The van der Waals surface area contributed by atoms with Crippen LogP contribution >= 0.6 is 11.6 Å². The SMILES string of the molecule is Cn1cnnc1C1CCN(c2c(C#N)cccc2-c2cnn3nc(-c4cccc(Cl)c4)ccc23)CC1. The highest BCUT2D eigenvalue weighted by molar-refractivity contribution is 6.30. The monoisotopic (exact) mass is 494 g/mol. The fraction of sp³-hybridized carbons (Fsp3) is 0.222. The van der Waals surface area contributed by atoms with E-state index in [-0.39, 0.29) is 0 Å². The minimum Gasteiger partial charge on any atom is -0.370 e. The van der Waals surface area contributed by atoms with Gasteiger partial charge < -0.3 is 9.47 Å². The number of hydrogen-bond acceptors (Lipinski definition) is 6. The third kappa shape index (κ3) is 3.88. The molecule has 1 fully saturated rings. The molecule has 8 nitrogen and oxygen atoms in total. The number of nitrogens with zero attached hydrogens (tertiary/aromatic N) is 8. The van der Waals surface area contributed by atoms with E-state index in [1.54, 1.807) is 11.0 Å². The molecule has 0 spiro atoms. The number of fused-ring (bicyclic) bond motifs is 1. The van der Waals surface area contributed by atoms with Crippen molar-refractivity contribution < 1.29 is 0 Å². The summed E-state index contributed by atoms with van der Waals surface area (Å²) in [5, 5.41) is 28.3. The first-order valence-corrected chi connectivity index (χ1v) is 12.2. The van der Waals surface area contributed by atoms with Crippen LogP contribution in [0.5, 0.6) is 0 Å². The van der Waals surface area contributed by atoms with E-state index in [0.29, 0.717) is 16.5 Å². The van der Waals surface area contributed by atoms with Crippen molar-refractivity contribution in [3.8, 4) is 28.5 Å². The van der Waals surface area contributed by atoms with E-state index >= 15 is 0 Å². The molecule has 0 atom stereocenters. The molecule has 2 aromatic carbocycles. The van der Waals surface area contributed by atoms with Gasteiger partial charge in [0.25, 0.3) is 0 Å². The predicted molar refractivity (Wildman–Crippen MR) is 139 cm³/mol. The number of halogens is 1. The van der Waals surface area contributed by atoms with Gasteiger partial charge >= 0.3 is 0 Å². The highest BCUT2D eigenvalue weighted by Gasteiger charge is 2.27. The second-order valence-electron chi connectivity index (χ2n) is 9.04. The minimum atomic E-state index is 0.359. The molecule has 0 unspecified atom stereocenters. The van der Waals surface area contributed by atoms with Crippen LogP contribution in [0, 0.1) is 11.3 Å². The molecule has 1 aliphatic heterocycles. The lowest BCUT2D eigenvalue weighted by Crippen LogP contribution is -2.34. The first-order chi connectivity index (χ1) is 17.6. The van der Waals surface area contributed by atoms with Gasteiger partial charge in [-0.1, -0.05) is 35.9 Å². The number of aromatic nitrogens is 6. The van der Waals surface area contributed by atoms with Gasteiger partial charge in [-0.25, -0.2) is 0 Å². The summed E-state index contributed by atoms with van der Waals surface area (Å²) in [7, 11) is 1.99. The Morgan fingerprint density at radius 3 is 2.61 bits per heavy atom. The maximum Gasteiger partial charge on any atom is 0.135 e. The van der Waals surface area contributed by atoms with Gasteiger partial charge in [0.2, 0.25) is 0 Å². The Labute approximate surface area is 213 Å². The van der Waals surface area contributed by atoms with Gasteiger partial charge in [-0.2, -0.15) is 15.0 Å². The van der Waals surface area contributed by atoms with E-state index in [9.17, 15) is 5.26 Å². The van der Waals surface area contributed by atoms with Crippen LogP contribution in [0.4, 0.5) is 5.69 Å². The van der Waals surface area contributed by atoms with Crippen LogP contribution in [-0.2, 0) is 7.05 Å². The van der Waals surface area contributed by atoms with Gasteiger partial charge in [0.15, 0.2) is 0 Å². The zero-order chi connectivity index (χ0) is 24.6. The molecule has 9 heteroatoms. The average Bonchev–Trinajstić information content (AvgIpc) is 3.54. The Bertz CT molecular complexity index is 1600. The second-order valence-corrected chi connectivity index (χ2v) is 9.47. The largest absolute Gasteiger partial charge is 0.370 e. The van der Waals surface area contributed by atoms with Crippen LogP contribution in [0.15, 0.2) is 67.1 Å². The number of para-hydroxylation sites is 1. The van der Waals surface area contributed by atoms with Crippen molar-refractivity contribution in [2.75, 3.05) is 18.0 Å². The van der Waals surface area contributed by atoms with Crippen LogP contribution in [0.1, 0.15) is 30.1 Å². The number of anilines is 1. The number of aryl methyl sites for hydroxylation is 1. The van der Waals surface area contributed by atoms with Crippen molar-refractivity contribution in [2.24, 2.45) is 7.05 Å². The highest BCUT2D eigenvalue weighted by Crippen LogP contribution is 2.39. The zero-order valence-electron chi connectivity index (χ0n) is 19.7. The smallest absolute Gasteiger partial charge is 0.135 e. The molecule has 36 heavy (non-hydrogen) atoms. The van der Waals surface area contributed by atoms with Crippen molar-refractivity contribution in [2.45, 2.75) is 18.8 Å². The van der Waals surface area contributed by atoms with Gasteiger partial charge in [-0.05, 0) is 43.2 Å². The summed E-state index contributed by atoms with van der Waals surface area (Å²) < 4.78 is 3.65. The molecule has 3 aromatic heterocycles. The summed E-state index contributed by atoms with van der Waals surface area (Å²) in [5.74, 6) is 1.38. The lowest BCUT2D eigenvalue weighted by Gasteiger charge is -2.34. The van der Waals surface area contributed by atoms with Crippen molar-refractivity contribution in [3.05, 3.63) is 83.5 Å². The first-order valence-electron chi connectivity index (χ1n) is 11.9. The third-order valence-corrected chi connectivity index (χ3v) is 7.11. The van der Waals surface area contributed by atoms with Crippen LogP contribution in [-0.4, -0.2) is 42.7 Å². The number of hydrogen-bond donors (Lipinski definition) is 0. The van der Waals surface area contributed by atoms with E-state index in [1.807, 2.05) is 66.3 Å². The Hall–Kier alpha value is -4.22. The maximum atomic E-state index is 9.97. The quantitative estimate of drug-likeness (QED) is 0.345. The molecule has 4 heterocycles. The first kappa shape index (κ1) is 22.3. The summed E-state index contributed by atoms with van der Waals surface area (Å²) in [5.41, 5.74) is 6.14. The Morgan fingerprint density at radius 2 is 1.86 bits per heavy atom. The minimum absolute atomic E-state index is 0.359. The third-order valence-electron chi connectivity index (χ3n) is 6.88. The van der Waals surface area contributed by atoms with Crippen LogP contribution in [0.3, 0.4) is 0 Å². The summed E-state index contributed by atoms with van der Waals surface area (Å²) in [6.07, 6.45) is 5.48. The lowest BCUT2D eigenvalue weighted by atomic mass is 9.93. The molecule has 0 N–H and O–H groups in total. The summed E-state index contributed by atoms with van der Waals surface area (Å²) in [6.45, 7) is 1.67. The van der Waals surface area contributed by atoms with Crippen molar-refractivity contribution >= 4 is 22.8 Å². The van der Waals surface area contributed by atoms with E-state index < -0.39 is 0 Å². The fourth-order valence-electron chi connectivity index (χ4n) is 5.10. The Morgan fingerprint density at radius 1 is 1.03 bits per heavy atom. The summed E-state index contributed by atoms with van der Waals surface area (Å²) >= 11 is 6.17. The second kappa shape index (κ2) is 9.10. The number of benzene rings is 2. The number of rotatable bonds is 4. The van der Waals surface area contributed by atoms with E-state index in [2.05, 4.69) is 32.3 Å². The van der Waals surface area contributed by atoms with E-state index in [1.165, 1.54) is 0 Å². The van der Waals surface area contributed by atoms with E-state index in [0.717, 1.165) is 65.3 Å². The van der Waals surface area contributed by atoms with Crippen molar-refractivity contribution in [1.29, 1.82) is 5.26 Å². The molecule has 0 bridgehead atoms. The maximum absolute atomic E-state index is 9.97. The highest BCUT2D eigenvalue weighted by atomic mass is 35.5. The van der Waals surface area contributed by atoms with Crippen LogP contribution in [0.25, 0.3) is 27.9 Å². The van der Waals surface area contributed by atoms with E-state index in [4.69, 9.17) is 16.7 Å². The van der Waals surface area contributed by atoms with Gasteiger partial charge in [0, 0.05) is 47.8 Å². The fourth-order valence-corrected chi connectivity index (χ4v) is 5.29. The van der Waals surface area contributed by atoms with Crippen molar-refractivity contribution in [1.82, 2.24) is 29.6 Å². The van der Waals surface area contributed by atoms with Gasteiger partial charge in [-0.3, -0.25) is 0 Å². The van der Waals surface area contributed by atoms with Gasteiger partial charge in [0.05, 0.1) is 28.7 Å². The topological polar surface area (TPSA) is 87.9 Å². The van der Waals surface area contributed by atoms with Gasteiger partial charge in [0.1, 0.15) is 18.2 Å². The summed E-state index contributed by atoms with van der Waals surface area (Å²) in [6, 6.07) is 19.9. The lowest BCUT2D eigenvalue weighted by molar-refractivity contribution is 0.474. The molecule has 1 saturated heterocycles. The molecule has 5 aromatic rings. The standard InChI is InChI=1S/C27H23ClN8/c1-34-17-30-32-27(34)18-10-12-35(13-11-18)26-20(15-29)5-3-7-22(26)23-16-31-36-25(23)9-8-24(33-36)19-4-2-6-21(28)14-19/h2-9,14,16-18H,10-13H2,1H3. The molecule has 0 radical (unpaired) electrons.